The number of rotatable bonds is 5. The molecule has 0 fully saturated rings. The monoisotopic (exact) mass is 389 g/mol. The Balaban J connectivity index is 2.76. The molecule has 2 N–H and O–H groups in total. The molecule has 0 atom stereocenters. The highest BCUT2D eigenvalue weighted by molar-refractivity contribution is 14.1. The molecule has 0 bridgehead atoms. The van der Waals surface area contributed by atoms with Gasteiger partial charge in [0, 0.05) is 0 Å². The fourth-order valence-corrected chi connectivity index (χ4v) is 1.87. The van der Waals surface area contributed by atoms with Gasteiger partial charge in [-0.2, -0.15) is 13.2 Å². The average Bonchev–Trinajstić information content (AvgIpc) is 2.22. The molecule has 0 saturated carbocycles. The van der Waals surface area contributed by atoms with Crippen LogP contribution in [0.5, 0.6) is 0 Å². The molecule has 0 aliphatic carbocycles. The Labute approximate surface area is 123 Å². The number of aromatic nitrogens is 2. The average molecular weight is 389 g/mol. The van der Waals surface area contributed by atoms with Gasteiger partial charge in [-0.1, -0.05) is 13.8 Å². The minimum atomic E-state index is -4.35. The van der Waals surface area contributed by atoms with Gasteiger partial charge >= 0.3 is 6.18 Å². The van der Waals surface area contributed by atoms with Crippen LogP contribution >= 0.6 is 22.6 Å². The van der Waals surface area contributed by atoms with Crippen LogP contribution in [0.15, 0.2) is 0 Å². The largest absolute Gasteiger partial charge is 0.411 e. The van der Waals surface area contributed by atoms with Gasteiger partial charge in [-0.05, 0) is 34.9 Å². The normalized spacial score (nSPS) is 12.2. The Bertz CT molecular complexity index is 438. The van der Waals surface area contributed by atoms with Crippen molar-refractivity contribution in [2.45, 2.75) is 33.1 Å². The van der Waals surface area contributed by atoms with Crippen molar-refractivity contribution in [3.05, 3.63) is 15.1 Å². The first-order chi connectivity index (χ1) is 8.69. The third kappa shape index (κ3) is 5.89. The predicted molar refractivity (Wildman–Crippen MR) is 73.4 cm³/mol. The molecular weight excluding hydrogens is 374 g/mol. The van der Waals surface area contributed by atoms with E-state index in [1.165, 1.54) is 0 Å². The molecule has 0 unspecified atom stereocenters. The molecule has 0 aliphatic rings. The van der Waals surface area contributed by atoms with Gasteiger partial charge in [0.2, 0.25) is 0 Å². The summed E-state index contributed by atoms with van der Waals surface area (Å²) in [5.74, 6) is 0.821. The molecule has 0 spiro atoms. The number of nitrogen functional groups attached to an aromatic ring is 1. The molecule has 0 aliphatic heterocycles. The Morgan fingerprint density at radius 1 is 1.32 bits per heavy atom. The van der Waals surface area contributed by atoms with Gasteiger partial charge < -0.3 is 10.5 Å². The molecular formula is C11H15F3IN3O. The number of halogens is 4. The van der Waals surface area contributed by atoms with Crippen LogP contribution < -0.4 is 5.73 Å². The SMILES string of the molecule is CC(C)Cc1nc(COCC(F)(F)F)nc(N)c1I. The van der Waals surface area contributed by atoms with Crippen LogP contribution in [0.4, 0.5) is 19.0 Å². The van der Waals surface area contributed by atoms with Crippen molar-refractivity contribution in [1.29, 1.82) is 0 Å². The van der Waals surface area contributed by atoms with Crippen molar-refractivity contribution in [1.82, 2.24) is 9.97 Å². The van der Waals surface area contributed by atoms with E-state index < -0.39 is 12.8 Å². The van der Waals surface area contributed by atoms with Crippen molar-refractivity contribution in [3.63, 3.8) is 0 Å². The number of nitrogens with zero attached hydrogens (tertiary/aromatic N) is 2. The molecule has 0 aromatic carbocycles. The van der Waals surface area contributed by atoms with Gasteiger partial charge in [0.1, 0.15) is 19.0 Å². The fraction of sp³-hybridized carbons (Fsp3) is 0.636. The summed E-state index contributed by atoms with van der Waals surface area (Å²) in [5, 5.41) is 0. The van der Waals surface area contributed by atoms with E-state index in [4.69, 9.17) is 5.73 Å². The summed E-state index contributed by atoms with van der Waals surface area (Å²) >= 11 is 2.03. The quantitative estimate of drug-likeness (QED) is 0.787. The lowest BCUT2D eigenvalue weighted by molar-refractivity contribution is -0.177. The maximum absolute atomic E-state index is 12.0. The minimum Gasteiger partial charge on any atom is -0.383 e. The van der Waals surface area contributed by atoms with Crippen LogP contribution in [-0.4, -0.2) is 22.8 Å². The van der Waals surface area contributed by atoms with E-state index in [2.05, 4.69) is 14.7 Å². The third-order valence-corrected chi connectivity index (χ3v) is 3.27. The summed E-state index contributed by atoms with van der Waals surface area (Å²) in [6.07, 6.45) is -3.66. The predicted octanol–water partition coefficient (Wildman–Crippen LogP) is 2.94. The Morgan fingerprint density at radius 3 is 2.47 bits per heavy atom. The number of nitrogens with two attached hydrogens (primary N) is 1. The molecule has 1 aromatic heterocycles. The lowest BCUT2D eigenvalue weighted by atomic mass is 10.1. The summed E-state index contributed by atoms with van der Waals surface area (Å²) in [7, 11) is 0. The first kappa shape index (κ1) is 16.4. The number of alkyl halides is 3. The van der Waals surface area contributed by atoms with Crippen LogP contribution in [0.25, 0.3) is 0 Å². The molecule has 0 saturated heterocycles. The Hall–Kier alpha value is -0.640. The van der Waals surface area contributed by atoms with E-state index in [0.29, 0.717) is 12.3 Å². The van der Waals surface area contributed by atoms with Gasteiger partial charge in [-0.25, -0.2) is 9.97 Å². The molecule has 0 amide bonds. The summed E-state index contributed by atoms with van der Waals surface area (Å²) < 4.78 is 41.2. The lowest BCUT2D eigenvalue weighted by Gasteiger charge is -2.11. The molecule has 1 heterocycles. The summed E-state index contributed by atoms with van der Waals surface area (Å²) in [6, 6.07) is 0. The highest BCUT2D eigenvalue weighted by Crippen LogP contribution is 2.20. The van der Waals surface area contributed by atoms with Crippen molar-refractivity contribution in [3.8, 4) is 0 Å². The maximum Gasteiger partial charge on any atom is 0.411 e. The van der Waals surface area contributed by atoms with Crippen LogP contribution in [0.3, 0.4) is 0 Å². The van der Waals surface area contributed by atoms with E-state index in [0.717, 1.165) is 9.26 Å². The van der Waals surface area contributed by atoms with Crippen molar-refractivity contribution < 1.29 is 17.9 Å². The van der Waals surface area contributed by atoms with E-state index in [1.54, 1.807) is 0 Å². The fourth-order valence-electron chi connectivity index (χ4n) is 1.41. The Kier molecular flexibility index (Phi) is 5.78. The molecule has 4 nitrogen and oxygen atoms in total. The van der Waals surface area contributed by atoms with Gasteiger partial charge in [-0.3, -0.25) is 0 Å². The number of anilines is 1. The number of ether oxygens (including phenoxy) is 1. The van der Waals surface area contributed by atoms with Gasteiger partial charge in [0.25, 0.3) is 0 Å². The highest BCUT2D eigenvalue weighted by atomic mass is 127. The second-order valence-electron chi connectivity index (χ2n) is 4.49. The third-order valence-electron chi connectivity index (χ3n) is 2.09. The Morgan fingerprint density at radius 2 is 1.95 bits per heavy atom. The van der Waals surface area contributed by atoms with Crippen LogP contribution in [-0.2, 0) is 17.8 Å². The van der Waals surface area contributed by atoms with E-state index in [1.807, 2.05) is 36.4 Å². The van der Waals surface area contributed by atoms with E-state index in [-0.39, 0.29) is 18.2 Å². The maximum atomic E-state index is 12.0. The van der Waals surface area contributed by atoms with Crippen LogP contribution in [0.1, 0.15) is 25.4 Å². The number of hydrogen-bond acceptors (Lipinski definition) is 4. The highest BCUT2D eigenvalue weighted by Gasteiger charge is 2.27. The zero-order chi connectivity index (χ0) is 14.6. The lowest BCUT2D eigenvalue weighted by Crippen LogP contribution is -2.18. The van der Waals surface area contributed by atoms with Crippen molar-refractivity contribution >= 4 is 28.4 Å². The molecule has 19 heavy (non-hydrogen) atoms. The smallest absolute Gasteiger partial charge is 0.383 e. The van der Waals surface area contributed by atoms with Gasteiger partial charge in [0.15, 0.2) is 5.82 Å². The minimum absolute atomic E-state index is 0.179. The van der Waals surface area contributed by atoms with E-state index >= 15 is 0 Å². The second-order valence-corrected chi connectivity index (χ2v) is 5.57. The van der Waals surface area contributed by atoms with Crippen LogP contribution in [0.2, 0.25) is 0 Å². The van der Waals surface area contributed by atoms with Crippen molar-refractivity contribution in [2.75, 3.05) is 12.3 Å². The molecule has 1 aromatic rings. The summed E-state index contributed by atoms with van der Waals surface area (Å²) in [6.45, 7) is 2.43. The van der Waals surface area contributed by atoms with E-state index in [9.17, 15) is 13.2 Å². The molecule has 0 radical (unpaired) electrons. The van der Waals surface area contributed by atoms with Gasteiger partial charge in [-0.15, -0.1) is 0 Å². The number of hydrogen-bond donors (Lipinski definition) is 1. The molecule has 108 valence electrons. The van der Waals surface area contributed by atoms with Crippen molar-refractivity contribution in [2.24, 2.45) is 5.92 Å². The zero-order valence-electron chi connectivity index (χ0n) is 10.6. The zero-order valence-corrected chi connectivity index (χ0v) is 12.7. The molecule has 8 heteroatoms. The first-order valence-corrected chi connectivity index (χ1v) is 6.72. The van der Waals surface area contributed by atoms with Crippen LogP contribution in [0, 0.1) is 9.49 Å². The first-order valence-electron chi connectivity index (χ1n) is 5.64. The second kappa shape index (κ2) is 6.69. The van der Waals surface area contributed by atoms with Gasteiger partial charge in [0.05, 0.1) is 9.26 Å². The summed E-state index contributed by atoms with van der Waals surface area (Å²) in [4.78, 5) is 8.13. The summed E-state index contributed by atoms with van der Waals surface area (Å²) in [5.41, 5.74) is 6.46. The standard InChI is InChI=1S/C11H15F3IN3O/c1-6(2)3-7-9(15)10(16)18-8(17-7)4-19-5-11(12,13)14/h6H,3-5H2,1-2H3,(H2,16,17,18). The molecule has 1 rings (SSSR count). The topological polar surface area (TPSA) is 61.0 Å².